The Hall–Kier alpha value is -2.34. The molecule has 3 aromatic carbocycles. The zero-order valence-electron chi connectivity index (χ0n) is 23.7. The highest BCUT2D eigenvalue weighted by Gasteiger charge is 2.38. The van der Waals surface area contributed by atoms with Crippen LogP contribution in [0.25, 0.3) is 10.9 Å². The summed E-state index contributed by atoms with van der Waals surface area (Å²) in [7, 11) is 2.18. The lowest BCUT2D eigenvalue weighted by Gasteiger charge is -2.39. The Balaban J connectivity index is 0.000000300. The van der Waals surface area contributed by atoms with Gasteiger partial charge in [-0.3, -0.25) is 9.69 Å². The fraction of sp³-hybridized carbons (Fsp3) is 0.344. The second-order valence-electron chi connectivity index (χ2n) is 11.1. The number of halogens is 3. The Morgan fingerprint density at radius 2 is 1.64 bits per heavy atom. The summed E-state index contributed by atoms with van der Waals surface area (Å²) >= 11 is 14.0. The molecule has 1 unspecified atom stereocenters. The van der Waals surface area contributed by atoms with Gasteiger partial charge in [-0.15, -0.1) is 0 Å². The summed E-state index contributed by atoms with van der Waals surface area (Å²) in [5.41, 5.74) is 4.86. The number of aromatic nitrogens is 1. The molecule has 0 amide bonds. The van der Waals surface area contributed by atoms with Crippen LogP contribution in [0, 0.1) is 5.41 Å². The molecule has 1 N–H and O–H groups in total. The normalized spacial score (nSPS) is 23.9. The molecule has 42 heavy (non-hydrogen) atoms. The Labute approximate surface area is 269 Å². The van der Waals surface area contributed by atoms with E-state index in [-0.39, 0.29) is 11.5 Å². The van der Waals surface area contributed by atoms with Gasteiger partial charge in [0.1, 0.15) is 11.5 Å². The molecule has 2 aliphatic rings. The SMILES string of the molecule is CN1CCc2c([nH]c3ccc(Cl)cc23)C1c1ccc(OCC2(C)COC(C)(I)OC2)cc1.O=COc1ccc(Cl)cc1. The first kappa shape index (κ1) is 31.1. The number of benzene rings is 3. The van der Waals surface area contributed by atoms with Crippen LogP contribution in [0.5, 0.6) is 11.5 Å². The molecular formula is C32H33Cl2IN2O5. The number of ether oxygens (including phenoxy) is 4. The highest BCUT2D eigenvalue weighted by Crippen LogP contribution is 2.39. The first-order valence-corrected chi connectivity index (χ1v) is 15.4. The van der Waals surface area contributed by atoms with E-state index >= 15 is 0 Å². The topological polar surface area (TPSA) is 73.0 Å². The van der Waals surface area contributed by atoms with E-state index in [1.807, 2.05) is 13.0 Å². The van der Waals surface area contributed by atoms with Crippen molar-refractivity contribution in [2.45, 2.75) is 30.1 Å². The molecule has 1 aromatic heterocycles. The average Bonchev–Trinajstić information content (AvgIpc) is 3.33. The number of alkyl halides is 1. The van der Waals surface area contributed by atoms with Crippen LogP contribution in [0.15, 0.2) is 66.7 Å². The number of hydrogen-bond acceptors (Lipinski definition) is 6. The Kier molecular flexibility index (Phi) is 9.71. The molecule has 6 rings (SSSR count). The van der Waals surface area contributed by atoms with Gasteiger partial charge in [0.2, 0.25) is 3.79 Å². The van der Waals surface area contributed by atoms with E-state index in [0.29, 0.717) is 37.1 Å². The van der Waals surface area contributed by atoms with Gasteiger partial charge in [0, 0.05) is 38.6 Å². The minimum atomic E-state index is -0.544. The standard InChI is InChI=1S/C25H28ClIN2O3.C7H5ClO2/c1-24(14-31-25(2,27)32-15-24)13-30-18-7-4-16(5-8-18)23-22-19(10-11-29(23)3)20-12-17(26)6-9-21(20)28-22;8-6-1-3-7(4-2-6)10-5-9/h4-9,12,23,28H,10-11,13-15H2,1-3H3;1-5H. The van der Waals surface area contributed by atoms with Crippen LogP contribution in [0.4, 0.5) is 0 Å². The maximum atomic E-state index is 9.80. The van der Waals surface area contributed by atoms with Crippen molar-refractivity contribution in [2.24, 2.45) is 5.41 Å². The molecule has 10 heteroatoms. The first-order valence-electron chi connectivity index (χ1n) is 13.6. The molecule has 4 aromatic rings. The van der Waals surface area contributed by atoms with Crippen LogP contribution in [0.2, 0.25) is 10.0 Å². The van der Waals surface area contributed by atoms with Gasteiger partial charge < -0.3 is 23.9 Å². The van der Waals surface area contributed by atoms with Crippen molar-refractivity contribution in [3.8, 4) is 11.5 Å². The maximum absolute atomic E-state index is 9.80. The van der Waals surface area contributed by atoms with E-state index in [2.05, 4.69) is 87.6 Å². The van der Waals surface area contributed by atoms with Crippen molar-refractivity contribution in [3.05, 3.63) is 93.6 Å². The molecule has 0 saturated carbocycles. The van der Waals surface area contributed by atoms with Gasteiger partial charge in [-0.2, -0.15) is 0 Å². The van der Waals surface area contributed by atoms with Crippen LogP contribution in [-0.4, -0.2) is 53.6 Å². The molecule has 2 aliphatic heterocycles. The number of H-pyrrole nitrogens is 1. The maximum Gasteiger partial charge on any atom is 0.298 e. The van der Waals surface area contributed by atoms with Crippen LogP contribution >= 0.6 is 45.8 Å². The predicted molar refractivity (Wildman–Crippen MR) is 174 cm³/mol. The third-order valence-corrected chi connectivity index (χ3v) is 8.58. The number of aromatic amines is 1. The van der Waals surface area contributed by atoms with E-state index in [4.69, 9.17) is 37.4 Å². The fourth-order valence-corrected chi connectivity index (χ4v) is 5.76. The van der Waals surface area contributed by atoms with E-state index in [1.165, 1.54) is 22.2 Å². The molecule has 1 saturated heterocycles. The van der Waals surface area contributed by atoms with Crippen molar-refractivity contribution < 1.29 is 23.7 Å². The molecule has 222 valence electrons. The van der Waals surface area contributed by atoms with Crippen molar-refractivity contribution in [1.82, 2.24) is 9.88 Å². The lowest BCUT2D eigenvalue weighted by Crippen LogP contribution is -2.46. The lowest BCUT2D eigenvalue weighted by molar-refractivity contribution is -0.233. The molecule has 1 atom stereocenters. The van der Waals surface area contributed by atoms with Crippen LogP contribution in [-0.2, 0) is 20.7 Å². The molecule has 7 nitrogen and oxygen atoms in total. The van der Waals surface area contributed by atoms with E-state index in [9.17, 15) is 4.79 Å². The lowest BCUT2D eigenvalue weighted by atomic mass is 9.92. The Bertz CT molecular complexity index is 1510. The summed E-state index contributed by atoms with van der Waals surface area (Å²) < 4.78 is 21.7. The first-order chi connectivity index (χ1) is 20.1. The fourth-order valence-electron chi connectivity index (χ4n) is 5.15. The van der Waals surface area contributed by atoms with E-state index in [0.717, 1.165) is 29.3 Å². The number of fused-ring (bicyclic) bond motifs is 3. The van der Waals surface area contributed by atoms with Crippen molar-refractivity contribution in [3.63, 3.8) is 0 Å². The Morgan fingerprint density at radius 1 is 1.00 bits per heavy atom. The van der Waals surface area contributed by atoms with Gasteiger partial charge >= 0.3 is 0 Å². The minimum absolute atomic E-state index is 0.159. The summed E-state index contributed by atoms with van der Waals surface area (Å²) in [6, 6.07) is 21.3. The van der Waals surface area contributed by atoms with E-state index in [1.54, 1.807) is 24.3 Å². The van der Waals surface area contributed by atoms with Gasteiger partial charge in [0.05, 0.1) is 25.9 Å². The van der Waals surface area contributed by atoms with Crippen molar-refractivity contribution in [1.29, 1.82) is 0 Å². The quantitative estimate of drug-likeness (QED) is 0.124. The van der Waals surface area contributed by atoms with Gasteiger partial charge in [-0.05, 0) is 109 Å². The highest BCUT2D eigenvalue weighted by atomic mass is 127. The summed E-state index contributed by atoms with van der Waals surface area (Å²) in [4.78, 5) is 15.9. The number of likely N-dealkylation sites (N-methyl/N-ethyl adjacent to an activating group) is 1. The third kappa shape index (κ3) is 7.41. The van der Waals surface area contributed by atoms with Gasteiger partial charge in [0.25, 0.3) is 6.47 Å². The van der Waals surface area contributed by atoms with Crippen LogP contribution < -0.4 is 9.47 Å². The number of nitrogens with one attached hydrogen (secondary N) is 1. The van der Waals surface area contributed by atoms with Gasteiger partial charge in [-0.1, -0.05) is 42.3 Å². The minimum Gasteiger partial charge on any atom is -0.493 e. The van der Waals surface area contributed by atoms with E-state index < -0.39 is 3.79 Å². The molecule has 0 bridgehead atoms. The summed E-state index contributed by atoms with van der Waals surface area (Å²) in [5, 5.41) is 2.64. The van der Waals surface area contributed by atoms with Crippen LogP contribution in [0.3, 0.4) is 0 Å². The van der Waals surface area contributed by atoms with Crippen molar-refractivity contribution >= 4 is 63.2 Å². The second kappa shape index (κ2) is 13.1. The molecule has 1 fully saturated rings. The molecule has 0 aliphatic carbocycles. The number of rotatable bonds is 6. The Morgan fingerprint density at radius 3 is 2.31 bits per heavy atom. The number of carbonyl (C=O) groups is 1. The van der Waals surface area contributed by atoms with Gasteiger partial charge in [0.15, 0.2) is 0 Å². The number of nitrogens with zero attached hydrogens (tertiary/aromatic N) is 1. The smallest absolute Gasteiger partial charge is 0.298 e. The summed E-state index contributed by atoms with van der Waals surface area (Å²) in [6.07, 6.45) is 1.02. The van der Waals surface area contributed by atoms with Crippen LogP contribution in [0.1, 0.15) is 36.7 Å². The van der Waals surface area contributed by atoms with Gasteiger partial charge in [-0.25, -0.2) is 0 Å². The highest BCUT2D eigenvalue weighted by molar-refractivity contribution is 14.1. The summed E-state index contributed by atoms with van der Waals surface area (Å²) in [6.45, 7) is 7.23. The van der Waals surface area contributed by atoms with Crippen molar-refractivity contribution in [2.75, 3.05) is 33.4 Å². The molecule has 3 heterocycles. The third-order valence-electron chi connectivity index (χ3n) is 7.47. The number of hydrogen-bond donors (Lipinski definition) is 1. The number of carbonyl (C=O) groups excluding carboxylic acids is 1. The predicted octanol–water partition coefficient (Wildman–Crippen LogP) is 7.81. The zero-order chi connectivity index (χ0) is 29.9. The second-order valence-corrected chi connectivity index (χ2v) is 13.9. The molecule has 0 spiro atoms. The molecule has 0 radical (unpaired) electrons. The monoisotopic (exact) mass is 722 g/mol. The summed E-state index contributed by atoms with van der Waals surface area (Å²) in [5.74, 6) is 1.36. The zero-order valence-corrected chi connectivity index (χ0v) is 27.3. The largest absolute Gasteiger partial charge is 0.493 e. The average molecular weight is 723 g/mol. The molecular weight excluding hydrogens is 690 g/mol.